The average molecular weight is 475 g/mol. The van der Waals surface area contributed by atoms with Crippen molar-refractivity contribution in [3.63, 3.8) is 0 Å². The summed E-state index contributed by atoms with van der Waals surface area (Å²) in [5.74, 6) is 2.04. The first-order valence-electron chi connectivity index (χ1n) is 13.4. The predicted molar refractivity (Wildman–Crippen MR) is 139 cm³/mol. The van der Waals surface area contributed by atoms with E-state index in [1.807, 2.05) is 0 Å². The van der Waals surface area contributed by atoms with Gasteiger partial charge in [0.15, 0.2) is 0 Å². The second-order valence-corrected chi connectivity index (χ2v) is 13.2. The first-order valence-corrected chi connectivity index (χ1v) is 14.5. The average Bonchev–Trinajstić information content (AvgIpc) is 3.15. The van der Waals surface area contributed by atoms with E-state index in [2.05, 4.69) is 64.6 Å². The molecule has 0 heterocycles. The molecule has 0 aromatic heterocycles. The summed E-state index contributed by atoms with van der Waals surface area (Å²) in [5, 5.41) is 32.4. The molecule has 0 radical (unpaired) electrons. The third kappa shape index (κ3) is 4.32. The van der Waals surface area contributed by atoms with Gasteiger partial charge in [-0.05, 0) is 81.3 Å². The molecule has 33 heavy (non-hydrogen) atoms. The van der Waals surface area contributed by atoms with E-state index in [-0.39, 0.29) is 10.8 Å². The van der Waals surface area contributed by atoms with Crippen LogP contribution in [0.2, 0.25) is 0 Å². The quantitative estimate of drug-likeness (QED) is 0.290. The van der Waals surface area contributed by atoms with Crippen LogP contribution in [0, 0.1) is 22.7 Å². The van der Waals surface area contributed by atoms with Gasteiger partial charge in [0.25, 0.3) is 0 Å². The molecular formula is C29H46O3S. The fourth-order valence-electron chi connectivity index (χ4n) is 7.65. The van der Waals surface area contributed by atoms with Crippen LogP contribution in [0.5, 0.6) is 0 Å². The molecule has 0 bridgehead atoms. The van der Waals surface area contributed by atoms with Gasteiger partial charge in [-0.25, -0.2) is 0 Å². The second-order valence-electron chi connectivity index (χ2n) is 11.8. The van der Waals surface area contributed by atoms with E-state index in [0.29, 0.717) is 29.9 Å². The lowest BCUT2D eigenvalue weighted by molar-refractivity contribution is -0.0489. The lowest BCUT2D eigenvalue weighted by atomic mass is 9.50. The Morgan fingerprint density at radius 1 is 1.15 bits per heavy atom. The highest BCUT2D eigenvalue weighted by Crippen LogP contribution is 2.64. The standard InChI is InChI=1S/C29H46O3S/c1-6-29(32,7-2)14-8-16-33-19(3)23-11-12-24-22-10-9-20-17-21(30)18-26(31)28(20,5)25(22)13-15-27(23,24)4/h9-11,19,21,24-26,30-32H,6-8,12-18H2,1-5H3/t19-,21+,24-,25-,26-,27+,28-/m0/s1. The number of hydrogen-bond donors (Lipinski definition) is 3. The van der Waals surface area contributed by atoms with Crippen LogP contribution < -0.4 is 0 Å². The molecule has 0 unspecified atom stereocenters. The van der Waals surface area contributed by atoms with Crippen molar-refractivity contribution in [2.75, 3.05) is 5.75 Å². The van der Waals surface area contributed by atoms with Gasteiger partial charge in [0.05, 0.1) is 17.8 Å². The minimum Gasteiger partial charge on any atom is -0.393 e. The van der Waals surface area contributed by atoms with E-state index in [1.165, 1.54) is 12.0 Å². The number of hydrogen-bond acceptors (Lipinski definition) is 4. The van der Waals surface area contributed by atoms with Gasteiger partial charge in [0.1, 0.15) is 0 Å². The molecule has 0 spiro atoms. The van der Waals surface area contributed by atoms with Crippen molar-refractivity contribution in [3.8, 4) is 0 Å². The maximum Gasteiger partial charge on any atom is 0.0661 e. The van der Waals surface area contributed by atoms with E-state index in [9.17, 15) is 15.3 Å². The summed E-state index contributed by atoms with van der Waals surface area (Å²) in [6, 6.07) is 0. The Balaban J connectivity index is 1.44. The molecule has 0 aromatic rings. The van der Waals surface area contributed by atoms with Crippen LogP contribution in [0.4, 0.5) is 0 Å². The van der Waals surface area contributed by atoms with E-state index in [1.54, 1.807) is 11.1 Å². The van der Waals surface area contributed by atoms with Gasteiger partial charge < -0.3 is 15.3 Å². The van der Waals surface area contributed by atoms with E-state index >= 15 is 0 Å². The second kappa shape index (κ2) is 9.48. The molecule has 0 saturated heterocycles. The van der Waals surface area contributed by atoms with Gasteiger partial charge in [-0.2, -0.15) is 11.8 Å². The molecule has 3 nitrogen and oxygen atoms in total. The zero-order valence-electron chi connectivity index (χ0n) is 21.4. The van der Waals surface area contributed by atoms with Gasteiger partial charge in [-0.1, -0.05) is 62.6 Å². The molecule has 0 aliphatic heterocycles. The van der Waals surface area contributed by atoms with Crippen LogP contribution in [0.3, 0.4) is 0 Å². The van der Waals surface area contributed by atoms with Gasteiger partial charge in [-0.15, -0.1) is 0 Å². The molecule has 2 fully saturated rings. The lowest BCUT2D eigenvalue weighted by Gasteiger charge is -2.56. The Labute approximate surface area is 205 Å². The SMILES string of the molecule is CCC(O)(CC)CCCS[C@@H](C)C1=CC[C@H]2C3=CC=C4C[C@@H](O)C[C@H](O)[C@]4(C)[C@H]3CC[C@]12C. The first-order chi connectivity index (χ1) is 15.6. The third-order valence-corrected chi connectivity index (χ3v) is 11.5. The molecule has 4 rings (SSSR count). The normalized spacial score (nSPS) is 39.1. The summed E-state index contributed by atoms with van der Waals surface area (Å²) in [6.45, 7) is 11.3. The third-order valence-electron chi connectivity index (χ3n) is 10.2. The van der Waals surface area contributed by atoms with E-state index in [0.717, 1.165) is 44.3 Å². The van der Waals surface area contributed by atoms with Gasteiger partial charge in [0, 0.05) is 17.1 Å². The topological polar surface area (TPSA) is 60.7 Å². The largest absolute Gasteiger partial charge is 0.393 e. The molecule has 2 saturated carbocycles. The van der Waals surface area contributed by atoms with Crippen LogP contribution >= 0.6 is 11.8 Å². The van der Waals surface area contributed by atoms with Crippen molar-refractivity contribution in [2.24, 2.45) is 22.7 Å². The van der Waals surface area contributed by atoms with Crippen molar-refractivity contribution in [1.82, 2.24) is 0 Å². The zero-order valence-corrected chi connectivity index (χ0v) is 22.3. The van der Waals surface area contributed by atoms with Crippen molar-refractivity contribution in [3.05, 3.63) is 34.9 Å². The molecule has 4 aliphatic carbocycles. The fraction of sp³-hybridized carbons (Fsp3) is 0.793. The number of fused-ring (bicyclic) bond motifs is 5. The Morgan fingerprint density at radius 2 is 1.88 bits per heavy atom. The molecule has 0 aromatic carbocycles. The fourth-order valence-corrected chi connectivity index (χ4v) is 8.86. The van der Waals surface area contributed by atoms with Crippen molar-refractivity contribution < 1.29 is 15.3 Å². The number of rotatable bonds is 8. The summed E-state index contributed by atoms with van der Waals surface area (Å²) in [7, 11) is 0. The minimum absolute atomic E-state index is 0.211. The lowest BCUT2D eigenvalue weighted by Crippen LogP contribution is -2.52. The number of aliphatic hydroxyl groups excluding tert-OH is 2. The summed E-state index contributed by atoms with van der Waals surface area (Å²) in [5.41, 5.74) is 3.93. The zero-order chi connectivity index (χ0) is 24.0. The highest BCUT2D eigenvalue weighted by Gasteiger charge is 2.57. The molecule has 0 amide bonds. The molecule has 7 atom stereocenters. The maximum atomic E-state index is 11.1. The molecule has 186 valence electrons. The Hall–Kier alpha value is -0.550. The van der Waals surface area contributed by atoms with Crippen LogP contribution in [-0.4, -0.2) is 44.1 Å². The highest BCUT2D eigenvalue weighted by atomic mass is 32.2. The van der Waals surface area contributed by atoms with Gasteiger partial charge in [0.2, 0.25) is 0 Å². The molecule has 4 aliphatic rings. The Morgan fingerprint density at radius 3 is 2.58 bits per heavy atom. The molecule has 4 heteroatoms. The minimum atomic E-state index is -0.485. The summed E-state index contributed by atoms with van der Waals surface area (Å²) in [4.78, 5) is 0. The Bertz CT molecular complexity index is 825. The summed E-state index contributed by atoms with van der Waals surface area (Å²) < 4.78 is 0. The van der Waals surface area contributed by atoms with Gasteiger partial charge in [-0.3, -0.25) is 0 Å². The first kappa shape index (κ1) is 25.5. The number of aliphatic hydroxyl groups is 3. The smallest absolute Gasteiger partial charge is 0.0661 e. The van der Waals surface area contributed by atoms with E-state index in [4.69, 9.17) is 0 Å². The van der Waals surface area contributed by atoms with Crippen LogP contribution in [-0.2, 0) is 0 Å². The van der Waals surface area contributed by atoms with Crippen molar-refractivity contribution in [1.29, 1.82) is 0 Å². The number of allylic oxidation sites excluding steroid dienone is 4. The monoisotopic (exact) mass is 474 g/mol. The van der Waals surface area contributed by atoms with Crippen LogP contribution in [0.1, 0.15) is 92.4 Å². The molecular weight excluding hydrogens is 428 g/mol. The molecule has 3 N–H and O–H groups in total. The summed E-state index contributed by atoms with van der Waals surface area (Å²) in [6.07, 6.45) is 14.5. The summed E-state index contributed by atoms with van der Waals surface area (Å²) >= 11 is 2.06. The number of thioether (sulfide) groups is 1. The van der Waals surface area contributed by atoms with Crippen molar-refractivity contribution in [2.45, 2.75) is 115 Å². The van der Waals surface area contributed by atoms with Crippen LogP contribution in [0.25, 0.3) is 0 Å². The van der Waals surface area contributed by atoms with E-state index < -0.39 is 17.8 Å². The highest BCUT2D eigenvalue weighted by molar-refractivity contribution is 8.00. The van der Waals surface area contributed by atoms with Gasteiger partial charge >= 0.3 is 0 Å². The van der Waals surface area contributed by atoms with Crippen LogP contribution in [0.15, 0.2) is 34.9 Å². The van der Waals surface area contributed by atoms with Crippen molar-refractivity contribution >= 4 is 11.8 Å². The maximum absolute atomic E-state index is 11.1. The Kier molecular flexibility index (Phi) is 7.34. The predicted octanol–water partition coefficient (Wildman–Crippen LogP) is 6.19.